The minimum atomic E-state index is -3.95. The van der Waals surface area contributed by atoms with Crippen molar-refractivity contribution in [2.45, 2.75) is 45.2 Å². The van der Waals surface area contributed by atoms with Gasteiger partial charge in [-0.25, -0.2) is 8.42 Å². The number of nitrogens with zero attached hydrogens (tertiary/aromatic N) is 2. The predicted octanol–water partition coefficient (Wildman–Crippen LogP) is 3.72. The molecule has 2 heterocycles. The van der Waals surface area contributed by atoms with E-state index in [1.54, 1.807) is 0 Å². The molecule has 4 rings (SSSR count). The Labute approximate surface area is 180 Å². The number of aromatic nitrogens is 2. The van der Waals surface area contributed by atoms with Gasteiger partial charge in [-0.15, -0.1) is 0 Å². The van der Waals surface area contributed by atoms with Crippen LogP contribution >= 0.6 is 0 Å². The fourth-order valence-electron chi connectivity index (χ4n) is 3.93. The van der Waals surface area contributed by atoms with Crippen LogP contribution in [0.15, 0.2) is 51.9 Å². The number of amides is 1. The van der Waals surface area contributed by atoms with Crippen LogP contribution in [0.2, 0.25) is 0 Å². The van der Waals surface area contributed by atoms with Crippen LogP contribution in [-0.2, 0) is 21.4 Å². The van der Waals surface area contributed by atoms with Gasteiger partial charge >= 0.3 is 0 Å². The third kappa shape index (κ3) is 3.70. The van der Waals surface area contributed by atoms with Crippen molar-refractivity contribution in [3.8, 4) is 0 Å². The Morgan fingerprint density at radius 1 is 1.13 bits per heavy atom. The number of hydrogen-bond acceptors (Lipinski definition) is 5. The molecule has 0 bridgehead atoms. The summed E-state index contributed by atoms with van der Waals surface area (Å²) >= 11 is 0. The Morgan fingerprint density at radius 2 is 1.84 bits per heavy atom. The summed E-state index contributed by atoms with van der Waals surface area (Å²) in [5.74, 6) is -0.288. The Hall–Kier alpha value is -3.17. The van der Waals surface area contributed by atoms with Gasteiger partial charge in [-0.2, -0.15) is 4.72 Å². The number of benzene rings is 2. The summed E-state index contributed by atoms with van der Waals surface area (Å²) in [7, 11) is -3.95. The normalized spacial score (nSPS) is 13.0. The van der Waals surface area contributed by atoms with Crippen LogP contribution in [0.5, 0.6) is 0 Å². The minimum Gasteiger partial charge on any atom is -0.360 e. The van der Waals surface area contributed by atoms with Crippen molar-refractivity contribution in [1.82, 2.24) is 14.4 Å². The molecule has 0 saturated carbocycles. The summed E-state index contributed by atoms with van der Waals surface area (Å²) in [6, 6.07) is 12.8. The molecule has 1 unspecified atom stereocenters. The van der Waals surface area contributed by atoms with Crippen molar-refractivity contribution in [2.75, 3.05) is 5.32 Å². The molecule has 4 aromatic rings. The van der Waals surface area contributed by atoms with Gasteiger partial charge in [0.25, 0.3) is 0 Å². The lowest BCUT2D eigenvalue weighted by Gasteiger charge is -2.14. The van der Waals surface area contributed by atoms with E-state index in [1.807, 2.05) is 30.3 Å². The van der Waals surface area contributed by atoms with E-state index < -0.39 is 22.0 Å². The molecule has 0 radical (unpaired) electrons. The molecule has 0 aliphatic heterocycles. The third-order valence-electron chi connectivity index (χ3n) is 5.32. The molecule has 1 atom stereocenters. The molecule has 0 aliphatic rings. The van der Waals surface area contributed by atoms with Crippen LogP contribution in [0.25, 0.3) is 21.8 Å². The first-order valence-electron chi connectivity index (χ1n) is 10.00. The van der Waals surface area contributed by atoms with Crippen LogP contribution in [0.3, 0.4) is 0 Å². The van der Waals surface area contributed by atoms with Crippen LogP contribution in [0.1, 0.15) is 25.3 Å². The molecule has 8 nitrogen and oxygen atoms in total. The van der Waals surface area contributed by atoms with E-state index in [4.69, 9.17) is 4.52 Å². The Balaban J connectivity index is 1.59. The topological polar surface area (TPSA) is 106 Å². The summed E-state index contributed by atoms with van der Waals surface area (Å²) in [6.45, 7) is 7.47. The first-order chi connectivity index (χ1) is 14.7. The summed E-state index contributed by atoms with van der Waals surface area (Å²) in [5.41, 5.74) is 3.05. The van der Waals surface area contributed by atoms with Crippen molar-refractivity contribution in [1.29, 1.82) is 0 Å². The summed E-state index contributed by atoms with van der Waals surface area (Å²) in [5, 5.41) is 8.60. The van der Waals surface area contributed by atoms with Crippen LogP contribution in [0, 0.1) is 13.8 Å². The summed E-state index contributed by atoms with van der Waals surface area (Å²) in [6.07, 6.45) is 0. The lowest BCUT2D eigenvalue weighted by Crippen LogP contribution is -2.41. The van der Waals surface area contributed by atoms with Crippen LogP contribution < -0.4 is 10.0 Å². The number of aryl methyl sites for hydroxylation is 3. The Kier molecular flexibility index (Phi) is 5.32. The van der Waals surface area contributed by atoms with E-state index in [2.05, 4.69) is 38.8 Å². The maximum absolute atomic E-state index is 12.7. The SMILES string of the molecule is CCn1c2ccccc2c2cc(NC(=O)C(C)NS(=O)(=O)c3c(C)noc3C)ccc21. The maximum Gasteiger partial charge on any atom is 0.246 e. The van der Waals surface area contributed by atoms with Crippen molar-refractivity contribution in [3.05, 3.63) is 53.9 Å². The maximum atomic E-state index is 12.7. The molecule has 0 saturated heterocycles. The average molecular weight is 441 g/mol. The van der Waals surface area contributed by atoms with Crippen molar-refractivity contribution < 1.29 is 17.7 Å². The second-order valence-corrected chi connectivity index (χ2v) is 9.13. The number of para-hydroxylation sites is 1. The minimum absolute atomic E-state index is 0.0408. The van der Waals surface area contributed by atoms with E-state index in [0.29, 0.717) is 5.69 Å². The first-order valence-corrected chi connectivity index (χ1v) is 11.5. The zero-order chi connectivity index (χ0) is 22.3. The molecule has 0 fully saturated rings. The highest BCUT2D eigenvalue weighted by Crippen LogP contribution is 2.31. The molecule has 2 N–H and O–H groups in total. The van der Waals surface area contributed by atoms with Gasteiger partial charge in [0.2, 0.25) is 15.9 Å². The quantitative estimate of drug-likeness (QED) is 0.475. The fourth-order valence-corrected chi connectivity index (χ4v) is 5.46. The second kappa shape index (κ2) is 7.82. The number of hydrogen-bond donors (Lipinski definition) is 2. The predicted molar refractivity (Wildman–Crippen MR) is 120 cm³/mol. The highest BCUT2D eigenvalue weighted by molar-refractivity contribution is 7.89. The molecule has 2 aromatic heterocycles. The number of anilines is 1. The number of sulfonamides is 1. The first kappa shape index (κ1) is 21.1. The lowest BCUT2D eigenvalue weighted by molar-refractivity contribution is -0.117. The van der Waals surface area contributed by atoms with E-state index >= 15 is 0 Å². The zero-order valence-corrected chi connectivity index (χ0v) is 18.6. The Bertz CT molecular complexity index is 1380. The van der Waals surface area contributed by atoms with Crippen molar-refractivity contribution >= 4 is 43.4 Å². The zero-order valence-electron chi connectivity index (χ0n) is 17.8. The largest absolute Gasteiger partial charge is 0.360 e. The smallest absolute Gasteiger partial charge is 0.246 e. The van der Waals surface area contributed by atoms with Crippen molar-refractivity contribution in [2.24, 2.45) is 0 Å². The number of nitrogens with one attached hydrogen (secondary N) is 2. The molecule has 0 spiro atoms. The van der Waals surface area contributed by atoms with Gasteiger partial charge in [0.15, 0.2) is 5.76 Å². The summed E-state index contributed by atoms with van der Waals surface area (Å²) in [4.78, 5) is 12.7. The van der Waals surface area contributed by atoms with E-state index in [1.165, 1.54) is 20.8 Å². The highest BCUT2D eigenvalue weighted by Gasteiger charge is 2.28. The second-order valence-electron chi connectivity index (χ2n) is 7.48. The average Bonchev–Trinajstić information content (AvgIpc) is 3.24. The number of rotatable bonds is 6. The Morgan fingerprint density at radius 3 is 2.52 bits per heavy atom. The van der Waals surface area contributed by atoms with Gasteiger partial charge in [0.05, 0.1) is 6.04 Å². The van der Waals surface area contributed by atoms with Gasteiger partial charge in [-0.1, -0.05) is 23.4 Å². The molecule has 162 valence electrons. The van der Waals surface area contributed by atoms with Crippen molar-refractivity contribution in [3.63, 3.8) is 0 Å². The monoisotopic (exact) mass is 440 g/mol. The standard InChI is InChI=1S/C22H24N4O4S/c1-5-26-19-9-7-6-8-17(19)18-12-16(10-11-20(18)26)23-22(27)14(3)25-31(28,29)21-13(2)24-30-15(21)4/h6-12,14,25H,5H2,1-4H3,(H,23,27). The number of fused-ring (bicyclic) bond motifs is 3. The van der Waals surface area contributed by atoms with Gasteiger partial charge in [0, 0.05) is 34.0 Å². The molecular weight excluding hydrogens is 416 g/mol. The van der Waals surface area contributed by atoms with Crippen LogP contribution in [0.4, 0.5) is 5.69 Å². The van der Waals surface area contributed by atoms with E-state index in [9.17, 15) is 13.2 Å². The van der Waals surface area contributed by atoms with Crippen LogP contribution in [-0.4, -0.2) is 30.1 Å². The highest BCUT2D eigenvalue weighted by atomic mass is 32.2. The van der Waals surface area contributed by atoms with Gasteiger partial charge in [-0.3, -0.25) is 4.79 Å². The molecule has 9 heteroatoms. The van der Waals surface area contributed by atoms with Gasteiger partial charge in [-0.05, 0) is 52.0 Å². The molecule has 31 heavy (non-hydrogen) atoms. The molecule has 2 aromatic carbocycles. The third-order valence-corrected chi connectivity index (χ3v) is 7.10. The molecular formula is C22H24N4O4S. The summed E-state index contributed by atoms with van der Waals surface area (Å²) < 4.78 is 34.9. The molecule has 0 aliphatic carbocycles. The van der Waals surface area contributed by atoms with Gasteiger partial charge in [0.1, 0.15) is 10.6 Å². The fraction of sp³-hybridized carbons (Fsp3) is 0.273. The molecule has 1 amide bonds. The number of carbonyl (C=O) groups excluding carboxylic acids is 1. The van der Waals surface area contributed by atoms with E-state index in [-0.39, 0.29) is 16.3 Å². The number of carbonyl (C=O) groups is 1. The van der Waals surface area contributed by atoms with E-state index in [0.717, 1.165) is 28.4 Å². The van der Waals surface area contributed by atoms with Gasteiger partial charge < -0.3 is 14.4 Å². The lowest BCUT2D eigenvalue weighted by atomic mass is 10.1.